The maximum atomic E-state index is 13.0. The van der Waals surface area contributed by atoms with Crippen molar-refractivity contribution in [3.05, 3.63) is 118 Å². The number of carbonyl (C=O) groups excluding carboxylic acids is 1. The van der Waals surface area contributed by atoms with Crippen molar-refractivity contribution in [1.29, 1.82) is 0 Å². The predicted octanol–water partition coefficient (Wildman–Crippen LogP) is 6.17. The molecule has 5 heteroatoms. The average Bonchev–Trinajstić information content (AvgIpc) is 3.44. The third-order valence-corrected chi connectivity index (χ3v) is 6.51. The molecule has 1 atom stereocenters. The Morgan fingerprint density at radius 2 is 1.53 bits per heavy atom. The summed E-state index contributed by atoms with van der Waals surface area (Å²) in [4.78, 5) is 13.0. The van der Waals surface area contributed by atoms with Crippen molar-refractivity contribution in [2.24, 2.45) is 11.0 Å². The lowest BCUT2D eigenvalue weighted by Gasteiger charge is -2.18. The number of benzene rings is 3. The highest BCUT2D eigenvalue weighted by Crippen LogP contribution is 2.58. The highest BCUT2D eigenvalue weighted by Gasteiger charge is 2.60. The van der Waals surface area contributed by atoms with Crippen LogP contribution in [0.2, 0.25) is 0 Å². The summed E-state index contributed by atoms with van der Waals surface area (Å²) in [6.07, 6.45) is 2.30. The molecule has 1 aliphatic rings. The van der Waals surface area contributed by atoms with Crippen LogP contribution in [0.4, 0.5) is 0 Å². The zero-order valence-corrected chi connectivity index (χ0v) is 18.8. The quantitative estimate of drug-likeness (QED) is 0.263. The molecule has 5 rings (SSSR count). The van der Waals surface area contributed by atoms with Crippen LogP contribution >= 0.6 is 15.9 Å². The molecular weight excluding hydrogens is 464 g/mol. The molecule has 4 aromatic rings. The van der Waals surface area contributed by atoms with Crippen LogP contribution in [0.15, 0.2) is 111 Å². The van der Waals surface area contributed by atoms with Crippen molar-refractivity contribution in [3.8, 4) is 11.3 Å². The normalized spacial score (nSPS) is 16.7. The topological polar surface area (TPSA) is 54.6 Å². The van der Waals surface area contributed by atoms with Crippen molar-refractivity contribution < 1.29 is 9.21 Å². The lowest BCUT2D eigenvalue weighted by molar-refractivity contribution is -0.122. The molecule has 1 aliphatic carbocycles. The van der Waals surface area contributed by atoms with Gasteiger partial charge in [-0.3, -0.25) is 4.79 Å². The fourth-order valence-corrected chi connectivity index (χ4v) is 4.55. The van der Waals surface area contributed by atoms with E-state index in [9.17, 15) is 4.79 Å². The molecule has 1 aromatic heterocycles. The van der Waals surface area contributed by atoms with Crippen LogP contribution in [0.5, 0.6) is 0 Å². The molecule has 1 saturated carbocycles. The number of hydrogen-bond donors (Lipinski definition) is 1. The highest BCUT2D eigenvalue weighted by molar-refractivity contribution is 9.10. The number of hydrogen-bond acceptors (Lipinski definition) is 3. The molecule has 1 heterocycles. The second kappa shape index (κ2) is 8.60. The van der Waals surface area contributed by atoms with Gasteiger partial charge >= 0.3 is 0 Å². The van der Waals surface area contributed by atoms with E-state index < -0.39 is 0 Å². The van der Waals surface area contributed by atoms with Crippen LogP contribution < -0.4 is 5.43 Å². The molecule has 0 spiro atoms. The number of nitrogens with zero attached hydrogens (tertiary/aromatic N) is 1. The van der Waals surface area contributed by atoms with E-state index >= 15 is 0 Å². The van der Waals surface area contributed by atoms with E-state index in [1.807, 2.05) is 72.8 Å². The summed E-state index contributed by atoms with van der Waals surface area (Å²) in [5.74, 6) is 1.07. The molecule has 0 bridgehead atoms. The van der Waals surface area contributed by atoms with Gasteiger partial charge in [0.15, 0.2) is 0 Å². The van der Waals surface area contributed by atoms with E-state index in [0.29, 0.717) is 5.76 Å². The van der Waals surface area contributed by atoms with Crippen LogP contribution in [0.25, 0.3) is 11.3 Å². The number of halogens is 1. The molecule has 32 heavy (non-hydrogen) atoms. The summed E-state index contributed by atoms with van der Waals surface area (Å²) >= 11 is 3.43. The Morgan fingerprint density at radius 3 is 2.16 bits per heavy atom. The Hall–Kier alpha value is -3.44. The third-order valence-electron chi connectivity index (χ3n) is 5.98. The van der Waals surface area contributed by atoms with Crippen molar-refractivity contribution in [2.75, 3.05) is 0 Å². The number of carbonyl (C=O) groups is 1. The minimum absolute atomic E-state index is 0.0892. The minimum Gasteiger partial charge on any atom is -0.455 e. The van der Waals surface area contributed by atoms with Gasteiger partial charge in [-0.25, -0.2) is 5.43 Å². The van der Waals surface area contributed by atoms with E-state index in [-0.39, 0.29) is 17.2 Å². The smallest absolute Gasteiger partial charge is 0.244 e. The summed E-state index contributed by atoms with van der Waals surface area (Å²) < 4.78 is 6.84. The SMILES string of the molecule is O=C(N/N=C/c1ccc(-c2ccc(Br)cc2)o1)C1CC1(c1ccccc1)c1ccccc1. The maximum Gasteiger partial charge on any atom is 0.244 e. The van der Waals surface area contributed by atoms with E-state index in [0.717, 1.165) is 33.3 Å². The van der Waals surface area contributed by atoms with Gasteiger partial charge in [0.1, 0.15) is 11.5 Å². The second-order valence-corrected chi connectivity index (χ2v) is 8.82. The maximum absolute atomic E-state index is 13.0. The first-order chi connectivity index (χ1) is 15.7. The lowest BCUT2D eigenvalue weighted by atomic mass is 9.85. The molecule has 4 nitrogen and oxygen atoms in total. The summed E-state index contributed by atoms with van der Waals surface area (Å²) in [5, 5.41) is 4.15. The lowest BCUT2D eigenvalue weighted by Crippen LogP contribution is -2.25. The van der Waals surface area contributed by atoms with Crippen molar-refractivity contribution >= 4 is 28.1 Å². The van der Waals surface area contributed by atoms with Crippen LogP contribution in [0.1, 0.15) is 23.3 Å². The van der Waals surface area contributed by atoms with Gasteiger partial charge in [0.05, 0.1) is 12.1 Å². The van der Waals surface area contributed by atoms with Gasteiger partial charge in [-0.15, -0.1) is 0 Å². The first kappa shape index (κ1) is 20.5. The zero-order valence-electron chi connectivity index (χ0n) is 17.2. The first-order valence-corrected chi connectivity index (χ1v) is 11.3. The van der Waals surface area contributed by atoms with Crippen LogP contribution in [-0.2, 0) is 10.2 Å². The molecule has 0 radical (unpaired) electrons. The Labute approximate surface area is 195 Å². The number of amides is 1. The Balaban J connectivity index is 1.29. The second-order valence-electron chi connectivity index (χ2n) is 7.90. The number of nitrogens with one attached hydrogen (secondary N) is 1. The van der Waals surface area contributed by atoms with E-state index in [1.54, 1.807) is 0 Å². The molecular formula is C27H21BrN2O2. The monoisotopic (exact) mass is 484 g/mol. The fourth-order valence-electron chi connectivity index (χ4n) is 4.28. The molecule has 1 N–H and O–H groups in total. The molecule has 0 saturated heterocycles. The van der Waals surface area contributed by atoms with Gasteiger partial charge in [-0.2, -0.15) is 5.10 Å². The van der Waals surface area contributed by atoms with Crippen molar-refractivity contribution in [1.82, 2.24) is 5.43 Å². The van der Waals surface area contributed by atoms with Gasteiger partial charge in [0.25, 0.3) is 0 Å². The summed E-state index contributed by atoms with van der Waals surface area (Å²) in [6, 6.07) is 32.1. The van der Waals surface area contributed by atoms with Crippen LogP contribution in [0.3, 0.4) is 0 Å². The Morgan fingerprint density at radius 1 is 0.906 bits per heavy atom. The number of furan rings is 1. The predicted molar refractivity (Wildman–Crippen MR) is 129 cm³/mol. The minimum atomic E-state index is -0.304. The van der Waals surface area contributed by atoms with Crippen molar-refractivity contribution in [3.63, 3.8) is 0 Å². The Bertz CT molecular complexity index is 1210. The molecule has 1 amide bonds. The van der Waals surface area contributed by atoms with Crippen LogP contribution in [0, 0.1) is 5.92 Å². The van der Waals surface area contributed by atoms with Crippen molar-refractivity contribution in [2.45, 2.75) is 11.8 Å². The van der Waals surface area contributed by atoms with E-state index in [4.69, 9.17) is 4.42 Å². The van der Waals surface area contributed by atoms with Crippen LogP contribution in [-0.4, -0.2) is 12.1 Å². The van der Waals surface area contributed by atoms with Gasteiger partial charge in [-0.1, -0.05) is 88.7 Å². The third kappa shape index (κ3) is 3.92. The van der Waals surface area contributed by atoms with Gasteiger partial charge in [0.2, 0.25) is 5.91 Å². The van der Waals surface area contributed by atoms with E-state index in [2.05, 4.69) is 50.7 Å². The highest BCUT2D eigenvalue weighted by atomic mass is 79.9. The summed E-state index contributed by atoms with van der Waals surface area (Å²) in [5.41, 5.74) is 5.69. The van der Waals surface area contributed by atoms with Gasteiger partial charge in [0, 0.05) is 15.5 Å². The Kier molecular flexibility index (Phi) is 5.50. The first-order valence-electron chi connectivity index (χ1n) is 10.5. The fraction of sp³-hybridized carbons (Fsp3) is 0.111. The molecule has 1 unspecified atom stereocenters. The van der Waals surface area contributed by atoms with Gasteiger partial charge < -0.3 is 4.42 Å². The molecule has 3 aromatic carbocycles. The number of rotatable bonds is 6. The van der Waals surface area contributed by atoms with Gasteiger partial charge in [-0.05, 0) is 41.8 Å². The largest absolute Gasteiger partial charge is 0.455 e. The molecule has 0 aliphatic heterocycles. The molecule has 1 fully saturated rings. The summed E-state index contributed by atoms with van der Waals surface area (Å²) in [6.45, 7) is 0. The average molecular weight is 485 g/mol. The number of hydrazone groups is 1. The zero-order chi connectivity index (χ0) is 22.0. The van der Waals surface area contributed by atoms with E-state index in [1.165, 1.54) is 6.21 Å². The summed E-state index contributed by atoms with van der Waals surface area (Å²) in [7, 11) is 0. The molecule has 158 valence electrons. The standard InChI is InChI=1S/C27H21BrN2O2/c28-22-13-11-19(12-14-22)25-16-15-23(32-25)18-29-30-26(31)24-17-27(24,20-7-3-1-4-8-20)21-9-5-2-6-10-21/h1-16,18,24H,17H2,(H,30,31)/b29-18+.